The first-order valence-corrected chi connectivity index (χ1v) is 8.69. The molecule has 0 fully saturated rings. The summed E-state index contributed by atoms with van der Waals surface area (Å²) in [4.78, 5) is 11.7. The minimum absolute atomic E-state index is 0.117. The van der Waals surface area contributed by atoms with Crippen molar-refractivity contribution >= 4 is 21.4 Å². The third-order valence-corrected chi connectivity index (χ3v) is 4.80. The van der Waals surface area contributed by atoms with Gasteiger partial charge in [0.2, 0.25) is 9.84 Å². The molecule has 0 saturated carbocycles. The van der Waals surface area contributed by atoms with E-state index in [0.717, 1.165) is 24.3 Å². The largest absolute Gasteiger partial charge is 0.341 e. The summed E-state index contributed by atoms with van der Waals surface area (Å²) in [6, 6.07) is 10.9. The lowest BCUT2D eigenvalue weighted by Gasteiger charge is -2.08. The van der Waals surface area contributed by atoms with Crippen molar-refractivity contribution in [3.05, 3.63) is 60.4 Å². The number of sulfone groups is 1. The first-order valence-electron chi connectivity index (χ1n) is 7.15. The van der Waals surface area contributed by atoms with Crippen LogP contribution in [-0.4, -0.2) is 40.3 Å². The van der Waals surface area contributed by atoms with Gasteiger partial charge in [0.1, 0.15) is 6.33 Å². The van der Waals surface area contributed by atoms with Crippen molar-refractivity contribution in [3.63, 3.8) is 0 Å². The first-order chi connectivity index (χ1) is 12.4. The third kappa shape index (κ3) is 3.57. The molecule has 1 N–H and O–H groups in total. The molecule has 1 amide bonds. The van der Waals surface area contributed by atoms with Crippen molar-refractivity contribution in [2.45, 2.75) is 10.7 Å². The molecule has 0 bridgehead atoms. The van der Waals surface area contributed by atoms with Crippen LogP contribution in [0.1, 0.15) is 10.4 Å². The van der Waals surface area contributed by atoms with Gasteiger partial charge in [-0.2, -0.15) is 8.78 Å². The Morgan fingerprint density at radius 2 is 1.85 bits per heavy atom. The van der Waals surface area contributed by atoms with Crippen LogP contribution < -0.4 is 5.32 Å². The van der Waals surface area contributed by atoms with Crippen LogP contribution in [0.25, 0.3) is 5.69 Å². The molecule has 0 unspecified atom stereocenters. The van der Waals surface area contributed by atoms with E-state index in [1.807, 2.05) is 0 Å². The maximum Gasteiger partial charge on any atom is 0.341 e. The number of halogens is 2. The number of carbonyl (C=O) groups is 1. The van der Waals surface area contributed by atoms with Gasteiger partial charge < -0.3 is 5.32 Å². The molecular formula is C15H11F2N5O3S. The Hall–Kier alpha value is -3.21. The summed E-state index contributed by atoms with van der Waals surface area (Å²) in [5.74, 6) is -4.05. The molecule has 0 atom stereocenters. The molecule has 0 saturated heterocycles. The van der Waals surface area contributed by atoms with E-state index in [-0.39, 0.29) is 5.56 Å². The number of nitrogens with zero attached hydrogens (tertiary/aromatic N) is 4. The number of carbonyl (C=O) groups excluding carboxylic acids is 1. The van der Waals surface area contributed by atoms with Crippen molar-refractivity contribution < 1.29 is 22.0 Å². The lowest BCUT2D eigenvalue weighted by molar-refractivity contribution is 0.102. The Morgan fingerprint density at radius 3 is 2.46 bits per heavy atom. The summed E-state index contributed by atoms with van der Waals surface area (Å²) < 4.78 is 49.2. The number of rotatable bonds is 5. The van der Waals surface area contributed by atoms with E-state index in [9.17, 15) is 22.0 Å². The van der Waals surface area contributed by atoms with Gasteiger partial charge in [0.05, 0.1) is 10.6 Å². The number of amides is 1. The van der Waals surface area contributed by atoms with Crippen molar-refractivity contribution in [2.75, 3.05) is 5.32 Å². The number of hydrogen-bond donors (Lipinski definition) is 1. The Kier molecular flexibility index (Phi) is 4.71. The van der Waals surface area contributed by atoms with Crippen LogP contribution >= 0.6 is 0 Å². The Labute approximate surface area is 146 Å². The van der Waals surface area contributed by atoms with Crippen LogP contribution in [-0.2, 0) is 9.84 Å². The van der Waals surface area contributed by atoms with E-state index in [2.05, 4.69) is 20.8 Å². The van der Waals surface area contributed by atoms with Gasteiger partial charge in [-0.05, 0) is 52.9 Å². The zero-order valence-corrected chi connectivity index (χ0v) is 13.8. The quantitative estimate of drug-likeness (QED) is 0.726. The summed E-state index contributed by atoms with van der Waals surface area (Å²) in [7, 11) is -4.70. The Balaban J connectivity index is 1.78. The van der Waals surface area contributed by atoms with Gasteiger partial charge in [-0.15, -0.1) is 5.10 Å². The molecule has 11 heteroatoms. The van der Waals surface area contributed by atoms with Crippen LogP contribution in [0.15, 0.2) is 59.8 Å². The molecule has 3 aromatic rings. The van der Waals surface area contributed by atoms with Crippen molar-refractivity contribution in [1.29, 1.82) is 0 Å². The number of aromatic nitrogens is 4. The molecule has 1 aromatic heterocycles. The minimum Gasteiger partial charge on any atom is -0.322 e. The summed E-state index contributed by atoms with van der Waals surface area (Å²) in [5.41, 5.74) is 1.18. The van der Waals surface area contributed by atoms with Crippen molar-refractivity contribution in [2.24, 2.45) is 0 Å². The average molecular weight is 379 g/mol. The van der Waals surface area contributed by atoms with E-state index in [4.69, 9.17) is 0 Å². The van der Waals surface area contributed by atoms with Gasteiger partial charge >= 0.3 is 5.76 Å². The van der Waals surface area contributed by atoms with Crippen LogP contribution in [0.4, 0.5) is 14.5 Å². The Morgan fingerprint density at radius 1 is 1.12 bits per heavy atom. The lowest BCUT2D eigenvalue weighted by Crippen LogP contribution is -2.14. The maximum atomic E-state index is 12.5. The van der Waals surface area contributed by atoms with E-state index in [1.165, 1.54) is 11.0 Å². The predicted octanol–water partition coefficient (Wildman–Crippen LogP) is 1.91. The number of anilines is 1. The molecule has 8 nitrogen and oxygen atoms in total. The highest BCUT2D eigenvalue weighted by atomic mass is 32.2. The lowest BCUT2D eigenvalue weighted by atomic mass is 10.2. The van der Waals surface area contributed by atoms with E-state index < -0.39 is 26.4 Å². The van der Waals surface area contributed by atoms with Gasteiger partial charge in [0.15, 0.2) is 0 Å². The van der Waals surface area contributed by atoms with Crippen LogP contribution in [0.5, 0.6) is 0 Å². The molecule has 0 spiro atoms. The number of benzene rings is 2. The fourth-order valence-corrected chi connectivity index (χ4v) is 2.83. The molecule has 0 aliphatic carbocycles. The summed E-state index contributed by atoms with van der Waals surface area (Å²) in [5, 5.41) is 13.4. The van der Waals surface area contributed by atoms with E-state index >= 15 is 0 Å². The highest BCUT2D eigenvalue weighted by Crippen LogP contribution is 2.19. The Bertz CT molecular complexity index is 1020. The van der Waals surface area contributed by atoms with Gasteiger partial charge in [-0.1, -0.05) is 6.07 Å². The molecule has 0 radical (unpaired) electrons. The second-order valence-corrected chi connectivity index (χ2v) is 7.01. The maximum absolute atomic E-state index is 12.5. The monoisotopic (exact) mass is 379 g/mol. The molecule has 0 aliphatic rings. The molecule has 1 heterocycles. The SMILES string of the molecule is O=C(Nc1cccc(-n2cnnn2)c1)c1ccc(S(=O)(=O)C(F)F)cc1. The number of hydrogen-bond acceptors (Lipinski definition) is 6. The first kappa shape index (κ1) is 17.6. The highest BCUT2D eigenvalue weighted by molar-refractivity contribution is 7.91. The molecule has 3 rings (SSSR count). The summed E-state index contributed by atoms with van der Waals surface area (Å²) in [6.45, 7) is 0. The standard InChI is InChI=1S/C15H11F2N5O3S/c16-15(17)26(24,25)13-6-4-10(5-7-13)14(23)19-11-2-1-3-12(8-11)22-9-18-20-21-22/h1-9,15H,(H,19,23). The smallest absolute Gasteiger partial charge is 0.322 e. The van der Waals surface area contributed by atoms with Crippen molar-refractivity contribution in [1.82, 2.24) is 20.2 Å². The molecule has 134 valence electrons. The summed E-state index contributed by atoms with van der Waals surface area (Å²) in [6.07, 6.45) is 1.39. The predicted molar refractivity (Wildman–Crippen MR) is 86.7 cm³/mol. The number of nitrogens with one attached hydrogen (secondary N) is 1. The van der Waals surface area contributed by atoms with Crippen LogP contribution in [0, 0.1) is 0 Å². The van der Waals surface area contributed by atoms with E-state index in [1.54, 1.807) is 24.3 Å². The third-order valence-electron chi connectivity index (χ3n) is 3.40. The van der Waals surface area contributed by atoms with Gasteiger partial charge in [-0.25, -0.2) is 13.1 Å². The fourth-order valence-electron chi connectivity index (χ4n) is 2.11. The van der Waals surface area contributed by atoms with Gasteiger partial charge in [0.25, 0.3) is 5.91 Å². The molecule has 26 heavy (non-hydrogen) atoms. The van der Waals surface area contributed by atoms with Crippen LogP contribution in [0.2, 0.25) is 0 Å². The number of tetrazole rings is 1. The molecular weight excluding hydrogens is 368 g/mol. The minimum atomic E-state index is -4.70. The molecule has 0 aliphatic heterocycles. The van der Waals surface area contributed by atoms with E-state index in [0.29, 0.717) is 11.4 Å². The zero-order valence-electron chi connectivity index (χ0n) is 13.0. The normalized spacial score (nSPS) is 11.5. The van der Waals surface area contributed by atoms with Crippen LogP contribution in [0.3, 0.4) is 0 Å². The summed E-state index contributed by atoms with van der Waals surface area (Å²) >= 11 is 0. The average Bonchev–Trinajstić information content (AvgIpc) is 3.16. The fraction of sp³-hybridized carbons (Fsp3) is 0.0667. The second-order valence-electron chi connectivity index (χ2n) is 5.09. The highest BCUT2D eigenvalue weighted by Gasteiger charge is 2.26. The zero-order chi connectivity index (χ0) is 18.7. The number of alkyl halides is 2. The molecule has 2 aromatic carbocycles. The second kappa shape index (κ2) is 6.96. The van der Waals surface area contributed by atoms with Gasteiger partial charge in [0, 0.05) is 11.3 Å². The topological polar surface area (TPSA) is 107 Å². The van der Waals surface area contributed by atoms with Crippen molar-refractivity contribution in [3.8, 4) is 5.69 Å². The van der Waals surface area contributed by atoms with Gasteiger partial charge in [-0.3, -0.25) is 4.79 Å².